The molecule has 1 rings (SSSR count). The molecule has 4 nitrogen and oxygen atoms in total. The molecule has 0 saturated carbocycles. The molecular formula is C15H17F4NO3. The Morgan fingerprint density at radius 3 is 2.22 bits per heavy atom. The van der Waals surface area contributed by atoms with Gasteiger partial charge in [-0.3, -0.25) is 4.90 Å². The van der Waals surface area contributed by atoms with Crippen molar-refractivity contribution in [1.82, 2.24) is 4.90 Å². The Balaban J connectivity index is 3.11. The Kier molecular flexibility index (Phi) is 5.39. The van der Waals surface area contributed by atoms with Gasteiger partial charge in [0.15, 0.2) is 0 Å². The lowest BCUT2D eigenvalue weighted by molar-refractivity contribution is -0.137. The summed E-state index contributed by atoms with van der Waals surface area (Å²) in [6.07, 6.45) is -5.34. The summed E-state index contributed by atoms with van der Waals surface area (Å²) in [6.45, 7) is 4.81. The van der Waals surface area contributed by atoms with Gasteiger partial charge in [-0.05, 0) is 32.9 Å². The number of carbonyl (C=O) groups is 2. The van der Waals surface area contributed by atoms with E-state index >= 15 is 0 Å². The van der Waals surface area contributed by atoms with Gasteiger partial charge in [0.2, 0.25) is 0 Å². The van der Waals surface area contributed by atoms with E-state index in [0.717, 1.165) is 11.0 Å². The third-order valence-electron chi connectivity index (χ3n) is 2.87. The summed E-state index contributed by atoms with van der Waals surface area (Å²) in [7, 11) is 1.20. The van der Waals surface area contributed by atoms with Crippen LogP contribution in [0, 0.1) is 5.82 Å². The standard InChI is InChI=1S/C15H17F4NO3/c1-14(2,3)23-13(22)20(4)12(8-21)10-6-5-9(7-11(10)16)15(17,18)19/h5-8,12H,1-4H3. The fourth-order valence-corrected chi connectivity index (χ4v) is 1.76. The Labute approximate surface area is 131 Å². The minimum atomic E-state index is -4.70. The Hall–Kier alpha value is -2.12. The Morgan fingerprint density at radius 1 is 1.26 bits per heavy atom. The second-order valence-electron chi connectivity index (χ2n) is 5.91. The van der Waals surface area contributed by atoms with E-state index < -0.39 is 35.3 Å². The average Bonchev–Trinajstić information content (AvgIpc) is 2.37. The summed E-state index contributed by atoms with van der Waals surface area (Å²) in [5.74, 6) is -1.23. The first-order valence-electron chi connectivity index (χ1n) is 6.64. The van der Waals surface area contributed by atoms with E-state index in [-0.39, 0.29) is 17.9 Å². The van der Waals surface area contributed by atoms with Gasteiger partial charge in [-0.25, -0.2) is 9.18 Å². The van der Waals surface area contributed by atoms with Gasteiger partial charge < -0.3 is 9.53 Å². The van der Waals surface area contributed by atoms with Crippen LogP contribution in [0.2, 0.25) is 0 Å². The molecule has 0 bridgehead atoms. The van der Waals surface area contributed by atoms with Crippen LogP contribution in [0.25, 0.3) is 0 Å². The number of hydrogen-bond donors (Lipinski definition) is 0. The highest BCUT2D eigenvalue weighted by atomic mass is 19.4. The summed E-state index contributed by atoms with van der Waals surface area (Å²) in [6, 6.07) is 0.372. The van der Waals surface area contributed by atoms with E-state index in [1.165, 1.54) is 7.05 Å². The normalized spacial score (nSPS) is 13.4. The van der Waals surface area contributed by atoms with Crippen molar-refractivity contribution in [2.24, 2.45) is 0 Å². The van der Waals surface area contributed by atoms with Crippen LogP contribution >= 0.6 is 0 Å². The zero-order chi connectivity index (χ0) is 18.0. The van der Waals surface area contributed by atoms with E-state index in [4.69, 9.17) is 4.74 Å². The first-order valence-corrected chi connectivity index (χ1v) is 6.64. The third-order valence-corrected chi connectivity index (χ3v) is 2.87. The molecule has 1 unspecified atom stereocenters. The molecule has 128 valence electrons. The number of alkyl halides is 3. The molecule has 1 amide bonds. The maximum absolute atomic E-state index is 13.9. The van der Waals surface area contributed by atoms with Gasteiger partial charge in [0, 0.05) is 12.6 Å². The lowest BCUT2D eigenvalue weighted by Gasteiger charge is -2.28. The fraction of sp³-hybridized carbons (Fsp3) is 0.467. The number of carbonyl (C=O) groups excluding carboxylic acids is 2. The molecule has 0 N–H and O–H groups in total. The number of nitrogens with zero attached hydrogens (tertiary/aromatic N) is 1. The summed E-state index contributed by atoms with van der Waals surface area (Å²) >= 11 is 0. The lowest BCUT2D eigenvalue weighted by Crippen LogP contribution is -2.37. The molecule has 0 aromatic heterocycles. The lowest BCUT2D eigenvalue weighted by atomic mass is 10.0. The highest BCUT2D eigenvalue weighted by Gasteiger charge is 2.33. The topological polar surface area (TPSA) is 46.6 Å². The van der Waals surface area contributed by atoms with Gasteiger partial charge in [-0.1, -0.05) is 6.07 Å². The van der Waals surface area contributed by atoms with Crippen LogP contribution < -0.4 is 0 Å². The van der Waals surface area contributed by atoms with Gasteiger partial charge >= 0.3 is 12.3 Å². The first kappa shape index (κ1) is 18.9. The highest BCUT2D eigenvalue weighted by Crippen LogP contribution is 2.32. The molecular weight excluding hydrogens is 318 g/mol. The number of aldehydes is 1. The molecule has 0 aliphatic heterocycles. The van der Waals surface area contributed by atoms with Gasteiger partial charge in [-0.2, -0.15) is 13.2 Å². The molecule has 0 aliphatic rings. The van der Waals surface area contributed by atoms with Crippen molar-refractivity contribution in [1.29, 1.82) is 0 Å². The molecule has 8 heteroatoms. The number of ether oxygens (including phenoxy) is 1. The smallest absolute Gasteiger partial charge is 0.416 e. The van der Waals surface area contributed by atoms with Crippen molar-refractivity contribution in [3.63, 3.8) is 0 Å². The van der Waals surface area contributed by atoms with Crippen molar-refractivity contribution in [3.05, 3.63) is 35.1 Å². The SMILES string of the molecule is CN(C(=O)OC(C)(C)C)C(C=O)c1ccc(C(F)(F)F)cc1F. The maximum Gasteiger partial charge on any atom is 0.416 e. The van der Waals surface area contributed by atoms with E-state index in [0.29, 0.717) is 6.07 Å². The van der Waals surface area contributed by atoms with Crippen molar-refractivity contribution in [2.45, 2.75) is 38.6 Å². The van der Waals surface area contributed by atoms with Crippen LogP contribution in [0.3, 0.4) is 0 Å². The van der Waals surface area contributed by atoms with Gasteiger partial charge in [-0.15, -0.1) is 0 Å². The van der Waals surface area contributed by atoms with Crippen molar-refractivity contribution < 1.29 is 31.9 Å². The zero-order valence-electron chi connectivity index (χ0n) is 13.1. The summed E-state index contributed by atoms with van der Waals surface area (Å²) in [5, 5.41) is 0. The molecule has 0 saturated heterocycles. The molecule has 0 fully saturated rings. The van der Waals surface area contributed by atoms with E-state index in [1.807, 2.05) is 0 Å². The third kappa shape index (κ3) is 4.94. The summed E-state index contributed by atoms with van der Waals surface area (Å²) < 4.78 is 56.6. The molecule has 1 atom stereocenters. The molecule has 0 heterocycles. The predicted molar refractivity (Wildman–Crippen MR) is 74.2 cm³/mol. The average molecular weight is 335 g/mol. The number of amides is 1. The largest absolute Gasteiger partial charge is 0.444 e. The van der Waals surface area contributed by atoms with Gasteiger partial charge in [0.1, 0.15) is 23.7 Å². The number of likely N-dealkylation sites (N-methyl/N-ethyl adjacent to an activating group) is 1. The van der Waals surface area contributed by atoms with Crippen LogP contribution in [0.1, 0.15) is 37.9 Å². The van der Waals surface area contributed by atoms with Crippen LogP contribution in [-0.4, -0.2) is 29.9 Å². The molecule has 23 heavy (non-hydrogen) atoms. The number of rotatable bonds is 3. The number of halogens is 4. The number of hydrogen-bond acceptors (Lipinski definition) is 3. The van der Waals surface area contributed by atoms with Crippen LogP contribution in [0.15, 0.2) is 18.2 Å². The zero-order valence-corrected chi connectivity index (χ0v) is 13.1. The quantitative estimate of drug-likeness (QED) is 0.621. The first-order chi connectivity index (χ1) is 10.4. The van der Waals surface area contributed by atoms with Crippen LogP contribution in [0.4, 0.5) is 22.4 Å². The minimum absolute atomic E-state index is 0.260. The number of benzene rings is 1. The van der Waals surface area contributed by atoms with Crippen LogP contribution in [-0.2, 0) is 15.7 Å². The Bertz CT molecular complexity index is 593. The highest BCUT2D eigenvalue weighted by molar-refractivity contribution is 5.74. The van der Waals surface area contributed by atoms with Crippen molar-refractivity contribution in [2.75, 3.05) is 7.05 Å². The van der Waals surface area contributed by atoms with Gasteiger partial charge in [0.05, 0.1) is 5.56 Å². The van der Waals surface area contributed by atoms with Crippen LogP contribution in [0.5, 0.6) is 0 Å². The monoisotopic (exact) mass is 335 g/mol. The van der Waals surface area contributed by atoms with Crippen molar-refractivity contribution >= 4 is 12.4 Å². The van der Waals surface area contributed by atoms with Gasteiger partial charge in [0.25, 0.3) is 0 Å². The molecule has 0 spiro atoms. The van der Waals surface area contributed by atoms with E-state index in [2.05, 4.69) is 0 Å². The Morgan fingerprint density at radius 2 is 1.83 bits per heavy atom. The van der Waals surface area contributed by atoms with E-state index in [9.17, 15) is 27.2 Å². The summed E-state index contributed by atoms with van der Waals surface area (Å²) in [5.41, 5.74) is -2.36. The summed E-state index contributed by atoms with van der Waals surface area (Å²) in [4.78, 5) is 23.9. The second kappa shape index (κ2) is 6.55. The molecule has 0 aliphatic carbocycles. The predicted octanol–water partition coefficient (Wildman–Crippen LogP) is 3.95. The fourth-order valence-electron chi connectivity index (χ4n) is 1.76. The minimum Gasteiger partial charge on any atom is -0.444 e. The molecule has 0 radical (unpaired) electrons. The molecule has 1 aromatic carbocycles. The van der Waals surface area contributed by atoms with E-state index in [1.54, 1.807) is 20.8 Å². The second-order valence-corrected chi connectivity index (χ2v) is 5.91. The maximum atomic E-state index is 13.9. The van der Waals surface area contributed by atoms with Crippen molar-refractivity contribution in [3.8, 4) is 0 Å². The molecule has 1 aromatic rings.